The van der Waals surface area contributed by atoms with Gasteiger partial charge in [0.25, 0.3) is 0 Å². The Balaban J connectivity index is 2.79. The fourth-order valence-corrected chi connectivity index (χ4v) is 2.50. The summed E-state index contributed by atoms with van der Waals surface area (Å²) in [7, 11) is 1.97. The highest BCUT2D eigenvalue weighted by atomic mass is 79.9. The van der Waals surface area contributed by atoms with Gasteiger partial charge in [0.2, 0.25) is 0 Å². The molecule has 5 heteroatoms. The molecule has 0 radical (unpaired) electrons. The van der Waals surface area contributed by atoms with Crippen molar-refractivity contribution in [2.45, 2.75) is 33.2 Å². The summed E-state index contributed by atoms with van der Waals surface area (Å²) in [6.45, 7) is 6.81. The Morgan fingerprint density at radius 3 is 2.65 bits per heavy atom. The predicted molar refractivity (Wildman–Crippen MR) is 71.5 cm³/mol. The van der Waals surface area contributed by atoms with Crippen molar-refractivity contribution in [3.8, 4) is 6.07 Å². The highest BCUT2D eigenvalue weighted by Gasteiger charge is 2.14. The first kappa shape index (κ1) is 14.2. The molecule has 0 aliphatic heterocycles. The normalized spacial score (nSPS) is 10.8. The molecule has 1 rings (SSSR count). The minimum atomic E-state index is 0.573. The second-order valence-corrected chi connectivity index (χ2v) is 4.75. The van der Waals surface area contributed by atoms with E-state index < -0.39 is 0 Å². The van der Waals surface area contributed by atoms with E-state index in [-0.39, 0.29) is 0 Å². The molecule has 0 saturated heterocycles. The molecule has 0 aliphatic carbocycles. The van der Waals surface area contributed by atoms with E-state index in [2.05, 4.69) is 45.8 Å². The van der Waals surface area contributed by atoms with Crippen LogP contribution in [0.3, 0.4) is 0 Å². The highest BCUT2D eigenvalue weighted by molar-refractivity contribution is 9.10. The van der Waals surface area contributed by atoms with Crippen LogP contribution in [0.1, 0.15) is 31.7 Å². The van der Waals surface area contributed by atoms with Crippen LogP contribution in [0.15, 0.2) is 4.47 Å². The van der Waals surface area contributed by atoms with E-state index in [4.69, 9.17) is 5.26 Å². The molecule has 4 nitrogen and oxygen atoms in total. The second-order valence-electron chi connectivity index (χ2n) is 3.96. The highest BCUT2D eigenvalue weighted by Crippen LogP contribution is 2.22. The third-order valence-electron chi connectivity index (χ3n) is 2.86. The number of hydrogen-bond donors (Lipinski definition) is 0. The van der Waals surface area contributed by atoms with E-state index in [0.29, 0.717) is 6.42 Å². The SMILES string of the molecule is CCc1nn(C)c(CN(CC)CCC#N)c1Br. The van der Waals surface area contributed by atoms with Crippen LogP contribution in [0.5, 0.6) is 0 Å². The smallest absolute Gasteiger partial charge is 0.0767 e. The number of hydrogen-bond acceptors (Lipinski definition) is 3. The maximum absolute atomic E-state index is 8.62. The zero-order chi connectivity index (χ0) is 12.8. The summed E-state index contributed by atoms with van der Waals surface area (Å²) in [5.74, 6) is 0. The maximum atomic E-state index is 8.62. The average Bonchev–Trinajstić information content (AvgIpc) is 2.60. The summed E-state index contributed by atoms with van der Waals surface area (Å²) in [4.78, 5) is 2.25. The lowest BCUT2D eigenvalue weighted by Crippen LogP contribution is -2.25. The zero-order valence-corrected chi connectivity index (χ0v) is 12.3. The molecule has 1 aromatic heterocycles. The molecule has 0 aromatic carbocycles. The number of nitrogens with zero attached hydrogens (tertiary/aromatic N) is 4. The Hall–Kier alpha value is -0.860. The number of aryl methyl sites for hydroxylation is 2. The Labute approximate surface area is 111 Å². The number of halogens is 1. The van der Waals surface area contributed by atoms with E-state index in [1.165, 1.54) is 5.69 Å². The summed E-state index contributed by atoms with van der Waals surface area (Å²) in [5, 5.41) is 13.1. The van der Waals surface area contributed by atoms with E-state index in [9.17, 15) is 0 Å². The van der Waals surface area contributed by atoms with Crippen molar-refractivity contribution in [2.75, 3.05) is 13.1 Å². The first-order valence-corrected chi connectivity index (χ1v) is 6.72. The molecule has 0 atom stereocenters. The van der Waals surface area contributed by atoms with Crippen molar-refractivity contribution >= 4 is 15.9 Å². The Morgan fingerprint density at radius 2 is 2.18 bits per heavy atom. The summed E-state index contributed by atoms with van der Waals surface area (Å²) in [5.41, 5.74) is 2.28. The number of aromatic nitrogens is 2. The van der Waals surface area contributed by atoms with E-state index in [0.717, 1.165) is 36.2 Å². The van der Waals surface area contributed by atoms with Gasteiger partial charge in [-0.3, -0.25) is 9.58 Å². The quantitative estimate of drug-likeness (QED) is 0.810. The Kier molecular flexibility index (Phi) is 5.66. The maximum Gasteiger partial charge on any atom is 0.0767 e. The second kappa shape index (κ2) is 6.77. The summed E-state index contributed by atoms with van der Waals surface area (Å²) >= 11 is 3.61. The standard InChI is InChI=1S/C12H19BrN4/c1-4-10-12(13)11(16(3)15-10)9-17(5-2)8-6-7-14/h4-6,8-9H2,1-3H3. The van der Waals surface area contributed by atoms with Crippen molar-refractivity contribution in [3.05, 3.63) is 15.9 Å². The minimum Gasteiger partial charge on any atom is -0.297 e. The summed E-state index contributed by atoms with van der Waals surface area (Å²) in [6.07, 6.45) is 1.50. The van der Waals surface area contributed by atoms with Gasteiger partial charge in [-0.2, -0.15) is 10.4 Å². The monoisotopic (exact) mass is 298 g/mol. The molecular formula is C12H19BrN4. The van der Waals surface area contributed by atoms with Crippen molar-refractivity contribution in [1.29, 1.82) is 5.26 Å². The van der Waals surface area contributed by atoms with Crippen LogP contribution in [0, 0.1) is 11.3 Å². The van der Waals surface area contributed by atoms with Gasteiger partial charge in [-0.25, -0.2) is 0 Å². The van der Waals surface area contributed by atoms with Gasteiger partial charge in [0, 0.05) is 26.6 Å². The molecule has 17 heavy (non-hydrogen) atoms. The van der Waals surface area contributed by atoms with Crippen LogP contribution in [0.2, 0.25) is 0 Å². The van der Waals surface area contributed by atoms with Crippen molar-refractivity contribution < 1.29 is 0 Å². The molecule has 0 bridgehead atoms. The average molecular weight is 299 g/mol. The topological polar surface area (TPSA) is 44.9 Å². The molecule has 0 aliphatic rings. The fraction of sp³-hybridized carbons (Fsp3) is 0.667. The van der Waals surface area contributed by atoms with Gasteiger partial charge in [-0.1, -0.05) is 13.8 Å². The first-order chi connectivity index (χ1) is 8.13. The van der Waals surface area contributed by atoms with Gasteiger partial charge in [-0.05, 0) is 28.9 Å². The van der Waals surface area contributed by atoms with Crippen LogP contribution >= 0.6 is 15.9 Å². The van der Waals surface area contributed by atoms with Crippen LogP contribution in [-0.4, -0.2) is 27.8 Å². The van der Waals surface area contributed by atoms with Gasteiger partial charge < -0.3 is 0 Å². The largest absolute Gasteiger partial charge is 0.297 e. The van der Waals surface area contributed by atoms with Crippen LogP contribution in [0.4, 0.5) is 0 Å². The molecule has 1 aromatic rings. The van der Waals surface area contributed by atoms with Gasteiger partial charge >= 0.3 is 0 Å². The van der Waals surface area contributed by atoms with Gasteiger partial charge in [-0.15, -0.1) is 0 Å². The molecule has 1 heterocycles. The van der Waals surface area contributed by atoms with Gasteiger partial charge in [0.1, 0.15) is 0 Å². The van der Waals surface area contributed by atoms with E-state index >= 15 is 0 Å². The lowest BCUT2D eigenvalue weighted by molar-refractivity contribution is 0.278. The summed E-state index contributed by atoms with van der Waals surface area (Å²) < 4.78 is 3.04. The molecule has 0 unspecified atom stereocenters. The van der Waals surface area contributed by atoms with E-state index in [1.54, 1.807) is 0 Å². The van der Waals surface area contributed by atoms with Gasteiger partial charge in [0.05, 0.1) is 21.9 Å². The molecule has 0 fully saturated rings. The third kappa shape index (κ3) is 3.55. The predicted octanol–water partition coefficient (Wildman–Crippen LogP) is 2.48. The lowest BCUT2D eigenvalue weighted by atomic mass is 10.3. The zero-order valence-electron chi connectivity index (χ0n) is 10.7. The molecule has 0 spiro atoms. The van der Waals surface area contributed by atoms with Crippen LogP contribution in [0.25, 0.3) is 0 Å². The van der Waals surface area contributed by atoms with Crippen molar-refractivity contribution in [1.82, 2.24) is 14.7 Å². The van der Waals surface area contributed by atoms with Gasteiger partial charge in [0.15, 0.2) is 0 Å². The van der Waals surface area contributed by atoms with Crippen molar-refractivity contribution in [3.63, 3.8) is 0 Å². The van der Waals surface area contributed by atoms with Crippen molar-refractivity contribution in [2.24, 2.45) is 7.05 Å². The van der Waals surface area contributed by atoms with Crippen LogP contribution < -0.4 is 0 Å². The molecule has 0 saturated carbocycles. The first-order valence-electron chi connectivity index (χ1n) is 5.93. The van der Waals surface area contributed by atoms with E-state index in [1.807, 2.05) is 11.7 Å². The summed E-state index contributed by atoms with van der Waals surface area (Å²) in [6, 6.07) is 2.19. The molecular weight excluding hydrogens is 280 g/mol. The third-order valence-corrected chi connectivity index (χ3v) is 3.78. The molecule has 0 amide bonds. The number of rotatable bonds is 6. The fourth-order valence-electron chi connectivity index (χ4n) is 1.76. The lowest BCUT2D eigenvalue weighted by Gasteiger charge is -2.19. The molecule has 0 N–H and O–H groups in total. The van der Waals surface area contributed by atoms with Crippen LogP contribution in [-0.2, 0) is 20.0 Å². The molecule has 94 valence electrons. The number of nitriles is 1. The Morgan fingerprint density at radius 1 is 1.47 bits per heavy atom. The Bertz CT molecular complexity index is 405. The minimum absolute atomic E-state index is 0.573.